The van der Waals surface area contributed by atoms with E-state index in [1.54, 1.807) is 30.6 Å². The average molecular weight is 285 g/mol. The van der Waals surface area contributed by atoms with E-state index < -0.39 is 4.92 Å². The Balaban J connectivity index is 3.14. The molecule has 2 N–H and O–H groups in total. The number of hydrogen-bond donors (Lipinski definition) is 1. The monoisotopic (exact) mass is 285 g/mol. The standard InChI is InChI=1S/C11H19N5O2S/c1-7(5-6-19-4)15(3)10-9(16(17)18)8(2)13-11(12)14-10/h7H,5-6H2,1-4H3,(H2,12,13,14). The maximum absolute atomic E-state index is 11.1. The van der Waals surface area contributed by atoms with Gasteiger partial charge in [0.2, 0.25) is 11.8 Å². The number of aromatic nitrogens is 2. The molecule has 0 aliphatic heterocycles. The van der Waals surface area contributed by atoms with Crippen molar-refractivity contribution in [2.75, 3.05) is 29.7 Å². The number of nitro groups is 1. The molecule has 1 rings (SSSR count). The van der Waals surface area contributed by atoms with Gasteiger partial charge < -0.3 is 10.6 Å². The molecule has 0 radical (unpaired) electrons. The van der Waals surface area contributed by atoms with Crippen molar-refractivity contribution in [3.63, 3.8) is 0 Å². The van der Waals surface area contributed by atoms with Crippen LogP contribution in [0.2, 0.25) is 0 Å². The topological polar surface area (TPSA) is 98.2 Å². The van der Waals surface area contributed by atoms with Crippen LogP contribution >= 0.6 is 11.8 Å². The Morgan fingerprint density at radius 3 is 2.68 bits per heavy atom. The van der Waals surface area contributed by atoms with Crippen LogP contribution in [0.25, 0.3) is 0 Å². The molecule has 0 saturated carbocycles. The molecule has 0 aromatic carbocycles. The third-order valence-electron chi connectivity index (χ3n) is 2.97. The normalized spacial score (nSPS) is 12.2. The Bertz CT molecular complexity index is 469. The zero-order chi connectivity index (χ0) is 14.6. The fraction of sp³-hybridized carbons (Fsp3) is 0.636. The van der Waals surface area contributed by atoms with Crippen LogP contribution in [0.4, 0.5) is 17.5 Å². The first kappa shape index (κ1) is 15.5. The Labute approximate surface area is 116 Å². The first-order valence-corrected chi connectivity index (χ1v) is 7.28. The van der Waals surface area contributed by atoms with Gasteiger partial charge in [0, 0.05) is 13.1 Å². The van der Waals surface area contributed by atoms with Crippen LogP contribution in [-0.2, 0) is 0 Å². The van der Waals surface area contributed by atoms with Gasteiger partial charge in [-0.2, -0.15) is 16.7 Å². The van der Waals surface area contributed by atoms with Crippen LogP contribution in [-0.4, -0.2) is 40.0 Å². The largest absolute Gasteiger partial charge is 0.368 e. The predicted molar refractivity (Wildman–Crippen MR) is 78.7 cm³/mol. The molecule has 1 unspecified atom stereocenters. The fourth-order valence-electron chi connectivity index (χ4n) is 1.72. The van der Waals surface area contributed by atoms with E-state index in [0.717, 1.165) is 12.2 Å². The summed E-state index contributed by atoms with van der Waals surface area (Å²) < 4.78 is 0. The lowest BCUT2D eigenvalue weighted by Crippen LogP contribution is -2.31. The highest BCUT2D eigenvalue weighted by atomic mass is 32.2. The molecule has 1 atom stereocenters. The van der Waals surface area contributed by atoms with Crippen LogP contribution in [0.3, 0.4) is 0 Å². The van der Waals surface area contributed by atoms with Gasteiger partial charge in [-0.05, 0) is 32.3 Å². The molecule has 0 amide bonds. The van der Waals surface area contributed by atoms with E-state index in [1.165, 1.54) is 0 Å². The van der Waals surface area contributed by atoms with E-state index in [2.05, 4.69) is 9.97 Å². The van der Waals surface area contributed by atoms with Gasteiger partial charge in [0.1, 0.15) is 5.69 Å². The van der Waals surface area contributed by atoms with Gasteiger partial charge >= 0.3 is 5.69 Å². The van der Waals surface area contributed by atoms with E-state index in [0.29, 0.717) is 0 Å². The van der Waals surface area contributed by atoms with Gasteiger partial charge in [0.15, 0.2) is 0 Å². The number of aryl methyl sites for hydroxylation is 1. The molecular formula is C11H19N5O2S. The van der Waals surface area contributed by atoms with Crippen molar-refractivity contribution in [2.45, 2.75) is 26.3 Å². The highest BCUT2D eigenvalue weighted by Crippen LogP contribution is 2.30. The zero-order valence-electron chi connectivity index (χ0n) is 11.6. The minimum atomic E-state index is -0.456. The van der Waals surface area contributed by atoms with E-state index in [-0.39, 0.29) is 29.2 Å². The summed E-state index contributed by atoms with van der Waals surface area (Å²) in [6, 6.07) is 0.139. The van der Waals surface area contributed by atoms with Gasteiger partial charge in [0.05, 0.1) is 4.92 Å². The SMILES string of the molecule is CSCCC(C)N(C)c1nc(N)nc(C)c1[N+](=O)[O-]. The molecule has 19 heavy (non-hydrogen) atoms. The molecule has 0 aliphatic carbocycles. The summed E-state index contributed by atoms with van der Waals surface area (Å²) in [5, 5.41) is 11.1. The van der Waals surface area contributed by atoms with Crippen molar-refractivity contribution in [3.8, 4) is 0 Å². The van der Waals surface area contributed by atoms with Gasteiger partial charge in [-0.15, -0.1) is 0 Å². The van der Waals surface area contributed by atoms with Crippen LogP contribution in [0.5, 0.6) is 0 Å². The van der Waals surface area contributed by atoms with Crippen LogP contribution < -0.4 is 10.6 Å². The molecule has 8 heteroatoms. The fourth-order valence-corrected chi connectivity index (χ4v) is 2.30. The second kappa shape index (κ2) is 6.55. The molecule has 0 saturated heterocycles. The number of nitrogen functional groups attached to an aromatic ring is 1. The maximum atomic E-state index is 11.1. The lowest BCUT2D eigenvalue weighted by molar-refractivity contribution is -0.385. The average Bonchev–Trinajstić information content (AvgIpc) is 2.33. The first-order chi connectivity index (χ1) is 8.88. The molecule has 0 fully saturated rings. The Morgan fingerprint density at radius 1 is 1.53 bits per heavy atom. The molecular weight excluding hydrogens is 266 g/mol. The van der Waals surface area contributed by atoms with Crippen LogP contribution in [0.1, 0.15) is 19.0 Å². The highest BCUT2D eigenvalue weighted by Gasteiger charge is 2.26. The summed E-state index contributed by atoms with van der Waals surface area (Å²) in [7, 11) is 1.79. The summed E-state index contributed by atoms with van der Waals surface area (Å²) in [4.78, 5) is 20.4. The Hall–Kier alpha value is -1.57. The van der Waals surface area contributed by atoms with Crippen LogP contribution in [0.15, 0.2) is 0 Å². The Kier molecular flexibility index (Phi) is 5.34. The van der Waals surface area contributed by atoms with E-state index in [9.17, 15) is 10.1 Å². The zero-order valence-corrected chi connectivity index (χ0v) is 12.4. The summed E-state index contributed by atoms with van der Waals surface area (Å²) in [5.41, 5.74) is 5.80. The van der Waals surface area contributed by atoms with Crippen LogP contribution in [0, 0.1) is 17.0 Å². The number of nitrogens with zero attached hydrogens (tertiary/aromatic N) is 4. The number of rotatable bonds is 6. The lowest BCUT2D eigenvalue weighted by atomic mass is 10.2. The predicted octanol–water partition coefficient (Wildman–Crippen LogP) is 1.85. The summed E-state index contributed by atoms with van der Waals surface area (Å²) >= 11 is 1.74. The van der Waals surface area contributed by atoms with Crippen molar-refractivity contribution in [1.29, 1.82) is 0 Å². The van der Waals surface area contributed by atoms with Gasteiger partial charge in [-0.1, -0.05) is 0 Å². The van der Waals surface area contributed by atoms with Crippen molar-refractivity contribution in [3.05, 3.63) is 15.8 Å². The number of nitrogens with two attached hydrogens (primary N) is 1. The molecule has 0 spiro atoms. The molecule has 1 aromatic heterocycles. The maximum Gasteiger partial charge on any atom is 0.332 e. The third kappa shape index (κ3) is 3.69. The third-order valence-corrected chi connectivity index (χ3v) is 3.62. The van der Waals surface area contributed by atoms with Gasteiger partial charge in [-0.3, -0.25) is 10.1 Å². The summed E-state index contributed by atoms with van der Waals surface area (Å²) in [6.45, 7) is 3.58. The molecule has 106 valence electrons. The summed E-state index contributed by atoms with van der Waals surface area (Å²) in [6.07, 6.45) is 2.94. The second-order valence-corrected chi connectivity index (χ2v) is 5.32. The van der Waals surface area contributed by atoms with Gasteiger partial charge in [-0.25, -0.2) is 4.98 Å². The van der Waals surface area contributed by atoms with Crippen molar-refractivity contribution in [2.24, 2.45) is 0 Å². The van der Waals surface area contributed by atoms with Crippen molar-refractivity contribution in [1.82, 2.24) is 9.97 Å². The molecule has 1 aromatic rings. The van der Waals surface area contributed by atoms with E-state index in [1.807, 2.05) is 13.2 Å². The van der Waals surface area contributed by atoms with E-state index in [4.69, 9.17) is 5.73 Å². The smallest absolute Gasteiger partial charge is 0.332 e. The van der Waals surface area contributed by atoms with Gasteiger partial charge in [0.25, 0.3) is 0 Å². The molecule has 0 aliphatic rings. The molecule has 7 nitrogen and oxygen atoms in total. The number of thioether (sulfide) groups is 1. The first-order valence-electron chi connectivity index (χ1n) is 5.88. The molecule has 1 heterocycles. The molecule has 0 bridgehead atoms. The second-order valence-electron chi connectivity index (χ2n) is 4.34. The van der Waals surface area contributed by atoms with Crippen molar-refractivity contribution < 1.29 is 4.92 Å². The highest BCUT2D eigenvalue weighted by molar-refractivity contribution is 7.98. The lowest BCUT2D eigenvalue weighted by Gasteiger charge is -2.25. The quantitative estimate of drug-likeness (QED) is 0.629. The van der Waals surface area contributed by atoms with E-state index >= 15 is 0 Å². The minimum Gasteiger partial charge on any atom is -0.368 e. The van der Waals surface area contributed by atoms with Crippen molar-refractivity contribution >= 4 is 29.2 Å². The minimum absolute atomic E-state index is 0.0574. The number of hydrogen-bond acceptors (Lipinski definition) is 7. The summed E-state index contributed by atoms with van der Waals surface area (Å²) in [5.74, 6) is 1.32. The Morgan fingerprint density at radius 2 is 2.16 bits per heavy atom. The number of anilines is 2.